The van der Waals surface area contributed by atoms with Gasteiger partial charge < -0.3 is 9.84 Å². The van der Waals surface area contributed by atoms with E-state index in [2.05, 4.69) is 0 Å². The van der Waals surface area contributed by atoms with Crippen LogP contribution in [0.3, 0.4) is 0 Å². The minimum absolute atomic E-state index is 0.0858. The number of carbonyl (C=O) groups excluding carboxylic acids is 4. The first kappa shape index (κ1) is 21.4. The number of imide groups is 1. The smallest absolute Gasteiger partial charge is 0.233 e. The number of benzene rings is 1. The van der Waals surface area contributed by atoms with Gasteiger partial charge in [-0.15, -0.1) is 0 Å². The zero-order valence-electron chi connectivity index (χ0n) is 18.8. The van der Waals surface area contributed by atoms with Gasteiger partial charge in [0.1, 0.15) is 0 Å². The van der Waals surface area contributed by atoms with Gasteiger partial charge in [-0.25, -0.2) is 0 Å². The normalized spacial score (nSPS) is 28.9. The van der Waals surface area contributed by atoms with Crippen molar-refractivity contribution in [2.45, 2.75) is 32.6 Å². The Kier molecular flexibility index (Phi) is 4.88. The number of amides is 2. The van der Waals surface area contributed by atoms with Gasteiger partial charge in [-0.2, -0.15) is 0 Å². The zero-order valence-corrected chi connectivity index (χ0v) is 18.8. The molecule has 1 aromatic rings. The van der Waals surface area contributed by atoms with E-state index in [4.69, 9.17) is 4.74 Å². The van der Waals surface area contributed by atoms with Crippen LogP contribution in [-0.4, -0.2) is 47.0 Å². The van der Waals surface area contributed by atoms with E-state index in [-0.39, 0.29) is 35.6 Å². The van der Waals surface area contributed by atoms with Crippen LogP contribution in [0.5, 0.6) is 11.5 Å². The molecular weight excluding hydrogens is 422 g/mol. The number of fused-ring (bicyclic) bond motifs is 3. The monoisotopic (exact) mass is 447 g/mol. The van der Waals surface area contributed by atoms with Crippen molar-refractivity contribution in [3.05, 3.63) is 58.2 Å². The van der Waals surface area contributed by atoms with E-state index in [1.807, 2.05) is 13.0 Å². The number of phenols is 1. The maximum Gasteiger partial charge on any atom is 0.233 e. The van der Waals surface area contributed by atoms with E-state index in [1.54, 1.807) is 25.1 Å². The Morgan fingerprint density at radius 1 is 1.12 bits per heavy atom. The second kappa shape index (κ2) is 7.54. The fourth-order valence-corrected chi connectivity index (χ4v) is 5.94. The highest BCUT2D eigenvalue weighted by Gasteiger charge is 2.55. The molecule has 2 amide bonds. The number of Topliss-reactive ketones (excluding diaryl/α,β-unsaturated/α-hetero) is 1. The summed E-state index contributed by atoms with van der Waals surface area (Å²) in [7, 11) is 1.49. The van der Waals surface area contributed by atoms with E-state index >= 15 is 0 Å². The summed E-state index contributed by atoms with van der Waals surface area (Å²) in [5.74, 6) is -2.86. The van der Waals surface area contributed by atoms with Crippen molar-refractivity contribution in [3.8, 4) is 11.5 Å². The van der Waals surface area contributed by atoms with Crippen LogP contribution < -0.4 is 4.74 Å². The lowest BCUT2D eigenvalue weighted by Crippen LogP contribution is -2.39. The molecule has 0 spiro atoms. The van der Waals surface area contributed by atoms with E-state index < -0.39 is 23.7 Å². The average molecular weight is 447 g/mol. The Hall–Kier alpha value is -3.48. The second-order valence-electron chi connectivity index (χ2n) is 9.09. The fraction of sp³-hybridized carbons (Fsp3) is 0.385. The number of hydrogen-bond donors (Lipinski definition) is 1. The number of carbonyl (C=O) groups is 4. The first-order valence-electron chi connectivity index (χ1n) is 11.2. The number of ketones is 2. The van der Waals surface area contributed by atoms with Gasteiger partial charge in [-0.05, 0) is 44.7 Å². The fourth-order valence-electron chi connectivity index (χ4n) is 5.94. The molecule has 7 nitrogen and oxygen atoms in total. The number of hydrogen-bond acceptors (Lipinski definition) is 6. The van der Waals surface area contributed by atoms with Crippen LogP contribution in [0.4, 0.5) is 0 Å². The highest BCUT2D eigenvalue weighted by atomic mass is 16.5. The van der Waals surface area contributed by atoms with Gasteiger partial charge >= 0.3 is 0 Å². The lowest BCUT2D eigenvalue weighted by Gasteiger charge is -2.42. The van der Waals surface area contributed by atoms with Crippen molar-refractivity contribution in [3.63, 3.8) is 0 Å². The maximum atomic E-state index is 13.2. The van der Waals surface area contributed by atoms with Crippen LogP contribution in [0.2, 0.25) is 0 Å². The molecule has 33 heavy (non-hydrogen) atoms. The zero-order chi connectivity index (χ0) is 23.6. The van der Waals surface area contributed by atoms with Crippen LogP contribution in [-0.2, 0) is 19.2 Å². The molecule has 3 aliphatic carbocycles. The summed E-state index contributed by atoms with van der Waals surface area (Å²) < 4.78 is 5.56. The Bertz CT molecular complexity index is 1220. The average Bonchev–Trinajstić information content (AvgIpc) is 3.02. The quantitative estimate of drug-likeness (QED) is 0.434. The summed E-state index contributed by atoms with van der Waals surface area (Å²) in [4.78, 5) is 53.3. The number of likely N-dealkylation sites (tertiary alicyclic amines) is 1. The van der Waals surface area contributed by atoms with E-state index in [9.17, 15) is 24.3 Å². The summed E-state index contributed by atoms with van der Waals surface area (Å²) in [5.41, 5.74) is 2.35. The van der Waals surface area contributed by atoms with E-state index in [1.165, 1.54) is 18.0 Å². The van der Waals surface area contributed by atoms with Crippen molar-refractivity contribution >= 4 is 23.4 Å². The van der Waals surface area contributed by atoms with Gasteiger partial charge in [0.15, 0.2) is 23.1 Å². The molecule has 1 saturated heterocycles. The Labute approximate surface area is 191 Å². The van der Waals surface area contributed by atoms with Gasteiger partial charge in [0.05, 0.1) is 18.4 Å². The van der Waals surface area contributed by atoms with Crippen LogP contribution >= 0.6 is 0 Å². The molecule has 1 fully saturated rings. The molecule has 0 radical (unpaired) electrons. The molecular formula is C26H25NO6. The highest BCUT2D eigenvalue weighted by Crippen LogP contribution is 2.56. The predicted molar refractivity (Wildman–Crippen MR) is 118 cm³/mol. The minimum Gasteiger partial charge on any atom is -0.504 e. The molecule has 4 unspecified atom stereocenters. The number of rotatable bonds is 3. The Balaban J connectivity index is 1.73. The number of allylic oxidation sites excluding steroid dienone is 6. The van der Waals surface area contributed by atoms with Crippen molar-refractivity contribution < 1.29 is 29.0 Å². The van der Waals surface area contributed by atoms with Crippen molar-refractivity contribution in [2.24, 2.45) is 17.8 Å². The van der Waals surface area contributed by atoms with Gasteiger partial charge in [-0.3, -0.25) is 24.1 Å². The lowest BCUT2D eigenvalue weighted by atomic mass is 9.59. The maximum absolute atomic E-state index is 13.2. The molecule has 7 heteroatoms. The number of ether oxygens (including phenoxy) is 1. The molecule has 1 aliphatic heterocycles. The molecule has 1 aromatic carbocycles. The largest absolute Gasteiger partial charge is 0.504 e. The number of para-hydroxylation sites is 1. The predicted octanol–water partition coefficient (Wildman–Crippen LogP) is 2.85. The molecule has 1 heterocycles. The molecule has 0 saturated carbocycles. The SMILES string of the molecule is CCOc1cccc(C2C3=CCC4C(=O)N(C)C(=O)C4C3CC3=C2C(=O)C=C(C)C3=O)c1O. The van der Waals surface area contributed by atoms with Gasteiger partial charge in [0.2, 0.25) is 11.8 Å². The molecule has 4 atom stereocenters. The number of phenolic OH excluding ortho intramolecular Hbond substituents is 1. The van der Waals surface area contributed by atoms with Gasteiger partial charge in [0.25, 0.3) is 0 Å². The second-order valence-corrected chi connectivity index (χ2v) is 9.09. The Morgan fingerprint density at radius 2 is 1.88 bits per heavy atom. The first-order valence-corrected chi connectivity index (χ1v) is 11.2. The lowest BCUT2D eigenvalue weighted by molar-refractivity contribution is -0.138. The van der Waals surface area contributed by atoms with Gasteiger partial charge in [-0.1, -0.05) is 23.8 Å². The standard InChI is InChI=1S/C26H25NO6/c1-4-33-19-7-5-6-14(24(19)30)20-13-8-9-15-21(26(32)27(3)25(15)31)16(13)11-17-22(20)18(28)10-12(2)23(17)29/h5-8,10,15-16,20-21,30H,4,9,11H2,1-3H3. The van der Waals surface area contributed by atoms with Crippen LogP contribution in [0.25, 0.3) is 0 Å². The topological polar surface area (TPSA) is 101 Å². The third-order valence-electron chi connectivity index (χ3n) is 7.42. The third kappa shape index (κ3) is 2.95. The van der Waals surface area contributed by atoms with Gasteiger partial charge in [0, 0.05) is 35.2 Å². The van der Waals surface area contributed by atoms with Crippen LogP contribution in [0.15, 0.2) is 52.6 Å². The van der Waals surface area contributed by atoms with Crippen molar-refractivity contribution in [1.82, 2.24) is 4.90 Å². The summed E-state index contributed by atoms with van der Waals surface area (Å²) in [6.45, 7) is 3.77. The molecule has 1 N–H and O–H groups in total. The summed E-state index contributed by atoms with van der Waals surface area (Å²) in [5, 5.41) is 11.1. The van der Waals surface area contributed by atoms with E-state index in [0.717, 1.165) is 5.57 Å². The van der Waals surface area contributed by atoms with Crippen LogP contribution in [0, 0.1) is 17.8 Å². The first-order chi connectivity index (χ1) is 15.8. The molecule has 5 rings (SSSR count). The number of aromatic hydroxyl groups is 1. The number of nitrogens with zero attached hydrogens (tertiary/aromatic N) is 1. The summed E-state index contributed by atoms with van der Waals surface area (Å²) >= 11 is 0. The minimum atomic E-state index is -0.685. The molecule has 0 aromatic heterocycles. The summed E-state index contributed by atoms with van der Waals surface area (Å²) in [6, 6.07) is 5.11. The third-order valence-corrected chi connectivity index (χ3v) is 7.42. The molecule has 4 aliphatic rings. The van der Waals surface area contributed by atoms with Crippen LogP contribution in [0.1, 0.15) is 38.2 Å². The summed E-state index contributed by atoms with van der Waals surface area (Å²) in [6.07, 6.45) is 3.89. The van der Waals surface area contributed by atoms with Crippen molar-refractivity contribution in [2.75, 3.05) is 13.7 Å². The highest BCUT2D eigenvalue weighted by molar-refractivity contribution is 6.23. The molecule has 170 valence electrons. The molecule has 0 bridgehead atoms. The van der Waals surface area contributed by atoms with E-state index in [0.29, 0.717) is 41.1 Å². The van der Waals surface area contributed by atoms with Crippen molar-refractivity contribution in [1.29, 1.82) is 0 Å². The Morgan fingerprint density at radius 3 is 2.61 bits per heavy atom.